The van der Waals surface area contributed by atoms with Crippen LogP contribution in [-0.2, 0) is 12.8 Å². The van der Waals surface area contributed by atoms with Crippen molar-refractivity contribution in [3.8, 4) is 0 Å². The van der Waals surface area contributed by atoms with Crippen LogP contribution in [0.3, 0.4) is 0 Å². The summed E-state index contributed by atoms with van der Waals surface area (Å²) in [6, 6.07) is 8.82. The van der Waals surface area contributed by atoms with Crippen LogP contribution < -0.4 is 11.3 Å². The lowest BCUT2D eigenvalue weighted by Gasteiger charge is -2.16. The van der Waals surface area contributed by atoms with Crippen molar-refractivity contribution in [2.75, 3.05) is 0 Å². The summed E-state index contributed by atoms with van der Waals surface area (Å²) in [6.07, 6.45) is 6.07. The maximum Gasteiger partial charge on any atom is 0.141 e. The molecule has 2 rings (SSSR count). The first kappa shape index (κ1) is 14.9. The van der Waals surface area contributed by atoms with Gasteiger partial charge in [-0.3, -0.25) is 16.3 Å². The highest BCUT2D eigenvalue weighted by molar-refractivity contribution is 6.30. The molecule has 20 heavy (non-hydrogen) atoms. The van der Waals surface area contributed by atoms with Crippen LogP contribution in [0.4, 0.5) is 4.39 Å². The van der Waals surface area contributed by atoms with Gasteiger partial charge in [-0.1, -0.05) is 23.7 Å². The molecule has 1 atom stereocenters. The van der Waals surface area contributed by atoms with Gasteiger partial charge in [0.1, 0.15) is 5.82 Å². The lowest BCUT2D eigenvalue weighted by molar-refractivity contribution is 0.491. The highest BCUT2D eigenvalue weighted by atomic mass is 35.5. The lowest BCUT2D eigenvalue weighted by Crippen LogP contribution is -2.37. The summed E-state index contributed by atoms with van der Waals surface area (Å²) in [5.74, 6) is 5.18. The van der Waals surface area contributed by atoms with Crippen LogP contribution in [0.2, 0.25) is 5.02 Å². The highest BCUT2D eigenvalue weighted by Crippen LogP contribution is 2.18. The van der Waals surface area contributed by atoms with Gasteiger partial charge in [0.05, 0.1) is 5.02 Å². The molecule has 0 aliphatic carbocycles. The number of halogens is 2. The van der Waals surface area contributed by atoms with E-state index in [1.807, 2.05) is 18.3 Å². The smallest absolute Gasteiger partial charge is 0.141 e. The Morgan fingerprint density at radius 1 is 1.30 bits per heavy atom. The summed E-state index contributed by atoms with van der Waals surface area (Å²) in [6.45, 7) is 0. The zero-order valence-electron chi connectivity index (χ0n) is 11.0. The number of benzene rings is 1. The number of hydrogen-bond donors (Lipinski definition) is 2. The Bertz CT molecular complexity index is 548. The molecule has 1 aromatic carbocycles. The molecule has 3 N–H and O–H groups in total. The zero-order valence-corrected chi connectivity index (χ0v) is 11.8. The second kappa shape index (κ2) is 7.33. The van der Waals surface area contributed by atoms with Crippen molar-refractivity contribution >= 4 is 11.6 Å². The third-order valence-electron chi connectivity index (χ3n) is 3.21. The fourth-order valence-corrected chi connectivity index (χ4v) is 2.29. The Balaban J connectivity index is 1.93. The minimum Gasteiger partial charge on any atom is -0.271 e. The molecule has 106 valence electrons. The average molecular weight is 294 g/mol. The molecule has 0 spiro atoms. The van der Waals surface area contributed by atoms with E-state index < -0.39 is 5.82 Å². The van der Waals surface area contributed by atoms with E-state index in [9.17, 15) is 4.39 Å². The minimum absolute atomic E-state index is 0.108. The van der Waals surface area contributed by atoms with Crippen LogP contribution in [0.25, 0.3) is 0 Å². The van der Waals surface area contributed by atoms with E-state index in [0.29, 0.717) is 6.42 Å². The number of aromatic nitrogens is 1. The summed E-state index contributed by atoms with van der Waals surface area (Å²) >= 11 is 5.78. The SMILES string of the molecule is NNC(CCc1cccnc1)Cc1ccc(F)c(Cl)c1. The normalized spacial score (nSPS) is 12.3. The van der Waals surface area contributed by atoms with Gasteiger partial charge in [-0.2, -0.15) is 0 Å². The second-order valence-corrected chi connectivity index (χ2v) is 5.12. The fourth-order valence-electron chi connectivity index (χ4n) is 2.08. The first-order chi connectivity index (χ1) is 9.69. The van der Waals surface area contributed by atoms with Crippen molar-refractivity contribution in [1.82, 2.24) is 10.4 Å². The van der Waals surface area contributed by atoms with Gasteiger partial charge in [-0.15, -0.1) is 0 Å². The third kappa shape index (κ3) is 4.27. The maximum absolute atomic E-state index is 13.1. The van der Waals surface area contributed by atoms with Gasteiger partial charge in [-0.25, -0.2) is 4.39 Å². The van der Waals surface area contributed by atoms with Gasteiger partial charge >= 0.3 is 0 Å². The van der Waals surface area contributed by atoms with E-state index in [-0.39, 0.29) is 11.1 Å². The second-order valence-electron chi connectivity index (χ2n) is 4.72. The molecule has 0 bridgehead atoms. The quantitative estimate of drug-likeness (QED) is 0.636. The van der Waals surface area contributed by atoms with E-state index in [4.69, 9.17) is 17.4 Å². The third-order valence-corrected chi connectivity index (χ3v) is 3.50. The summed E-state index contributed by atoms with van der Waals surface area (Å²) in [7, 11) is 0. The number of aryl methyl sites for hydroxylation is 1. The average Bonchev–Trinajstić information content (AvgIpc) is 2.48. The van der Waals surface area contributed by atoms with E-state index >= 15 is 0 Å². The predicted octanol–water partition coefficient (Wildman–Crippen LogP) is 2.88. The Morgan fingerprint density at radius 2 is 2.15 bits per heavy atom. The molecule has 3 nitrogen and oxygen atoms in total. The van der Waals surface area contributed by atoms with Crippen molar-refractivity contribution in [2.45, 2.75) is 25.3 Å². The number of pyridine rings is 1. The Hall–Kier alpha value is -1.49. The summed E-state index contributed by atoms with van der Waals surface area (Å²) in [5.41, 5.74) is 4.93. The van der Waals surface area contributed by atoms with Gasteiger partial charge in [0, 0.05) is 18.4 Å². The van der Waals surface area contributed by atoms with Crippen molar-refractivity contribution in [1.29, 1.82) is 0 Å². The van der Waals surface area contributed by atoms with Crippen LogP contribution in [0, 0.1) is 5.82 Å². The number of nitrogens with zero attached hydrogens (tertiary/aromatic N) is 1. The van der Waals surface area contributed by atoms with Gasteiger partial charge in [0.25, 0.3) is 0 Å². The van der Waals surface area contributed by atoms with Gasteiger partial charge in [-0.05, 0) is 48.6 Å². The molecule has 2 aromatic rings. The standard InChI is InChI=1S/C15H17ClFN3/c16-14-9-12(4-6-15(14)17)8-13(20-18)5-3-11-2-1-7-19-10-11/h1-2,4,6-7,9-10,13,20H,3,5,8,18H2. The molecule has 1 heterocycles. The summed E-state index contributed by atoms with van der Waals surface area (Å²) in [4.78, 5) is 4.08. The molecule has 0 saturated heterocycles. The molecule has 0 amide bonds. The fraction of sp³-hybridized carbons (Fsp3) is 0.267. The first-order valence-corrected chi connectivity index (χ1v) is 6.86. The highest BCUT2D eigenvalue weighted by Gasteiger charge is 2.10. The van der Waals surface area contributed by atoms with Crippen molar-refractivity contribution in [3.05, 3.63) is 64.7 Å². The van der Waals surface area contributed by atoms with Gasteiger partial charge < -0.3 is 0 Å². The van der Waals surface area contributed by atoms with Crippen molar-refractivity contribution < 1.29 is 4.39 Å². The van der Waals surface area contributed by atoms with Crippen molar-refractivity contribution in [2.24, 2.45) is 5.84 Å². The molecular weight excluding hydrogens is 277 g/mol. The van der Waals surface area contributed by atoms with Crippen molar-refractivity contribution in [3.63, 3.8) is 0 Å². The molecule has 0 radical (unpaired) electrons. The molecule has 1 aromatic heterocycles. The number of hydrogen-bond acceptors (Lipinski definition) is 3. The molecule has 0 aliphatic heterocycles. The topological polar surface area (TPSA) is 50.9 Å². The Kier molecular flexibility index (Phi) is 5.47. The molecule has 0 aliphatic rings. The van der Waals surface area contributed by atoms with E-state index in [2.05, 4.69) is 10.4 Å². The van der Waals surface area contributed by atoms with Crippen LogP contribution >= 0.6 is 11.6 Å². The Labute approximate surface area is 122 Å². The first-order valence-electron chi connectivity index (χ1n) is 6.48. The number of rotatable bonds is 6. The van der Waals surface area contributed by atoms with E-state index in [1.165, 1.54) is 11.6 Å². The molecular formula is C15H17ClFN3. The lowest BCUT2D eigenvalue weighted by atomic mass is 10.00. The molecule has 1 unspecified atom stereocenters. The number of nitrogens with two attached hydrogens (primary N) is 1. The van der Waals surface area contributed by atoms with E-state index in [0.717, 1.165) is 18.4 Å². The monoisotopic (exact) mass is 293 g/mol. The predicted molar refractivity (Wildman–Crippen MR) is 78.8 cm³/mol. The molecule has 0 saturated carbocycles. The van der Waals surface area contributed by atoms with Gasteiger partial charge in [0.2, 0.25) is 0 Å². The number of hydrazine groups is 1. The molecule has 0 fully saturated rings. The zero-order chi connectivity index (χ0) is 14.4. The van der Waals surface area contributed by atoms with Crippen LogP contribution in [0.5, 0.6) is 0 Å². The molecule has 5 heteroatoms. The van der Waals surface area contributed by atoms with E-state index in [1.54, 1.807) is 18.3 Å². The van der Waals surface area contributed by atoms with Crippen LogP contribution in [0.15, 0.2) is 42.7 Å². The summed E-state index contributed by atoms with van der Waals surface area (Å²) < 4.78 is 13.1. The Morgan fingerprint density at radius 3 is 2.80 bits per heavy atom. The number of nitrogens with one attached hydrogen (secondary N) is 1. The summed E-state index contributed by atoms with van der Waals surface area (Å²) in [5, 5.41) is 0.144. The van der Waals surface area contributed by atoms with Crippen LogP contribution in [0.1, 0.15) is 17.5 Å². The van der Waals surface area contributed by atoms with Gasteiger partial charge in [0.15, 0.2) is 0 Å². The minimum atomic E-state index is -0.400. The largest absolute Gasteiger partial charge is 0.271 e. The van der Waals surface area contributed by atoms with Crippen LogP contribution in [-0.4, -0.2) is 11.0 Å². The maximum atomic E-state index is 13.1.